The van der Waals surface area contributed by atoms with Crippen LogP contribution in [-0.2, 0) is 25.6 Å². The van der Waals surface area contributed by atoms with Gasteiger partial charge < -0.3 is 15.2 Å². The molecule has 5 nitrogen and oxygen atoms in total. The van der Waals surface area contributed by atoms with E-state index in [1.54, 1.807) is 25.1 Å². The first kappa shape index (κ1) is 16.0. The van der Waals surface area contributed by atoms with Crippen LogP contribution in [0.5, 0.6) is 0 Å². The van der Waals surface area contributed by atoms with Crippen LogP contribution in [0.15, 0.2) is 36.6 Å². The highest BCUT2D eigenvalue weighted by Crippen LogP contribution is 2.25. The van der Waals surface area contributed by atoms with Crippen molar-refractivity contribution < 1.29 is 19.1 Å². The second kappa shape index (κ2) is 7.07. The number of hydrogen-bond donors (Lipinski definition) is 1. The fourth-order valence-corrected chi connectivity index (χ4v) is 2.18. The minimum Gasteiger partial charge on any atom is -0.460 e. The molecule has 5 heteroatoms. The molecule has 1 aliphatic heterocycles. The van der Waals surface area contributed by atoms with Crippen molar-refractivity contribution in [2.24, 2.45) is 5.73 Å². The van der Waals surface area contributed by atoms with Gasteiger partial charge in [-0.25, -0.2) is 4.79 Å². The molecule has 1 aliphatic rings. The number of hydrogen-bond acceptors (Lipinski definition) is 5. The number of nitrogens with two attached hydrogens (primary N) is 1. The number of benzene rings is 1. The summed E-state index contributed by atoms with van der Waals surface area (Å²) in [6, 6.07) is 7.31. The molecule has 0 fully saturated rings. The second-order valence-electron chi connectivity index (χ2n) is 5.28. The molecule has 1 heterocycles. The minimum absolute atomic E-state index is 0.0994. The Morgan fingerprint density at radius 1 is 1.36 bits per heavy atom. The van der Waals surface area contributed by atoms with Crippen molar-refractivity contribution in [1.29, 1.82) is 0 Å². The molecule has 0 radical (unpaired) electrons. The van der Waals surface area contributed by atoms with Gasteiger partial charge in [-0.15, -0.1) is 0 Å². The van der Waals surface area contributed by atoms with E-state index in [1.807, 2.05) is 18.1 Å². The van der Waals surface area contributed by atoms with Gasteiger partial charge in [0.25, 0.3) is 5.79 Å². The molecule has 1 unspecified atom stereocenters. The van der Waals surface area contributed by atoms with Crippen molar-refractivity contribution in [2.75, 3.05) is 0 Å². The Balaban J connectivity index is 1.90. The molecule has 2 rings (SSSR count). The van der Waals surface area contributed by atoms with E-state index in [-0.39, 0.29) is 12.8 Å². The normalized spacial score (nSPS) is 19.4. The maximum absolute atomic E-state index is 11.9. The zero-order valence-corrected chi connectivity index (χ0v) is 12.5. The molecule has 2 N–H and O–H groups in total. The standard InChI is InChI=1S/C17H19NO4/c1-17(9-2-10-21-17)22-16(20)8-7-15(12-19)14-5-3-13(11-18)4-6-14/h2-6,10H,7-9,11,18H2,1H3. The van der Waals surface area contributed by atoms with Gasteiger partial charge in [-0.2, -0.15) is 0 Å². The van der Waals surface area contributed by atoms with E-state index in [9.17, 15) is 9.59 Å². The molecular weight excluding hydrogens is 282 g/mol. The first-order valence-electron chi connectivity index (χ1n) is 7.14. The molecule has 22 heavy (non-hydrogen) atoms. The highest BCUT2D eigenvalue weighted by Gasteiger charge is 2.31. The summed E-state index contributed by atoms with van der Waals surface area (Å²) in [5, 5.41) is 0. The number of ether oxygens (including phenoxy) is 2. The molecular formula is C17H19NO4. The van der Waals surface area contributed by atoms with Crippen LogP contribution in [0.4, 0.5) is 0 Å². The molecule has 0 amide bonds. The summed E-state index contributed by atoms with van der Waals surface area (Å²) in [7, 11) is 0. The van der Waals surface area contributed by atoms with Crippen molar-refractivity contribution in [2.45, 2.75) is 38.5 Å². The number of rotatable bonds is 6. The van der Waals surface area contributed by atoms with E-state index >= 15 is 0 Å². The van der Waals surface area contributed by atoms with Crippen LogP contribution in [0.3, 0.4) is 0 Å². The topological polar surface area (TPSA) is 78.6 Å². The molecule has 1 aromatic rings. The van der Waals surface area contributed by atoms with Gasteiger partial charge in [0.1, 0.15) is 5.94 Å². The Hall–Kier alpha value is -2.36. The Bertz CT molecular complexity index is 604. The highest BCUT2D eigenvalue weighted by atomic mass is 16.7. The molecule has 0 saturated heterocycles. The van der Waals surface area contributed by atoms with Crippen molar-refractivity contribution in [3.8, 4) is 0 Å². The molecule has 0 spiro atoms. The van der Waals surface area contributed by atoms with E-state index in [0.717, 1.165) is 11.1 Å². The lowest BCUT2D eigenvalue weighted by Gasteiger charge is -2.23. The quantitative estimate of drug-likeness (QED) is 0.644. The Morgan fingerprint density at radius 2 is 2.09 bits per heavy atom. The van der Waals surface area contributed by atoms with Gasteiger partial charge in [0.05, 0.1) is 12.7 Å². The Labute approximate surface area is 129 Å². The Morgan fingerprint density at radius 3 is 2.64 bits per heavy atom. The van der Waals surface area contributed by atoms with Crippen molar-refractivity contribution in [3.05, 3.63) is 47.7 Å². The van der Waals surface area contributed by atoms with Crippen molar-refractivity contribution in [3.63, 3.8) is 0 Å². The zero-order valence-electron chi connectivity index (χ0n) is 12.5. The van der Waals surface area contributed by atoms with Gasteiger partial charge >= 0.3 is 5.97 Å². The van der Waals surface area contributed by atoms with Crippen LogP contribution < -0.4 is 5.73 Å². The van der Waals surface area contributed by atoms with Crippen LogP contribution in [-0.4, -0.2) is 17.7 Å². The van der Waals surface area contributed by atoms with Crippen molar-refractivity contribution >= 4 is 17.5 Å². The Kier molecular flexibility index (Phi) is 5.15. The number of esters is 1. The lowest BCUT2D eigenvalue weighted by Crippen LogP contribution is -2.30. The van der Waals surface area contributed by atoms with Crippen molar-refractivity contribution in [1.82, 2.24) is 0 Å². The van der Waals surface area contributed by atoms with E-state index < -0.39 is 11.8 Å². The van der Waals surface area contributed by atoms with E-state index in [2.05, 4.69) is 0 Å². The molecule has 1 atom stereocenters. The average molecular weight is 301 g/mol. The summed E-state index contributed by atoms with van der Waals surface area (Å²) in [5.74, 6) is 0.568. The smallest absolute Gasteiger partial charge is 0.309 e. The first-order chi connectivity index (χ1) is 10.6. The van der Waals surface area contributed by atoms with Gasteiger partial charge in [0.15, 0.2) is 0 Å². The summed E-state index contributed by atoms with van der Waals surface area (Å²) in [5.41, 5.74) is 7.70. The predicted molar refractivity (Wildman–Crippen MR) is 82.0 cm³/mol. The SMILES string of the molecule is CC1(OC(=O)CCC(=C=O)c2ccc(CN)cc2)CC=CO1. The van der Waals surface area contributed by atoms with Gasteiger partial charge in [0.2, 0.25) is 0 Å². The molecule has 0 aliphatic carbocycles. The second-order valence-corrected chi connectivity index (χ2v) is 5.28. The molecule has 0 bridgehead atoms. The van der Waals surface area contributed by atoms with Crippen LogP contribution in [0.2, 0.25) is 0 Å². The summed E-state index contributed by atoms with van der Waals surface area (Å²) in [6.45, 7) is 2.15. The number of allylic oxidation sites excluding steroid dienone is 1. The predicted octanol–water partition coefficient (Wildman–Crippen LogP) is 2.33. The first-order valence-corrected chi connectivity index (χ1v) is 7.14. The largest absolute Gasteiger partial charge is 0.460 e. The summed E-state index contributed by atoms with van der Waals surface area (Å²) in [6.07, 6.45) is 4.21. The van der Waals surface area contributed by atoms with E-state index in [1.165, 1.54) is 6.26 Å². The van der Waals surface area contributed by atoms with Gasteiger partial charge in [-0.1, -0.05) is 24.3 Å². The van der Waals surface area contributed by atoms with E-state index in [0.29, 0.717) is 18.5 Å². The maximum Gasteiger partial charge on any atom is 0.309 e. The van der Waals surface area contributed by atoms with Gasteiger partial charge in [0, 0.05) is 25.5 Å². The summed E-state index contributed by atoms with van der Waals surface area (Å²) >= 11 is 0. The fraction of sp³-hybridized carbons (Fsp3) is 0.353. The molecule has 0 aromatic heterocycles. The monoisotopic (exact) mass is 301 g/mol. The lowest BCUT2D eigenvalue weighted by molar-refractivity contribution is -0.197. The number of carbonyl (C=O) groups excluding carboxylic acids is 2. The zero-order chi connectivity index (χ0) is 16.0. The molecule has 1 aromatic carbocycles. The third-order valence-electron chi connectivity index (χ3n) is 3.47. The average Bonchev–Trinajstić information content (AvgIpc) is 2.94. The van der Waals surface area contributed by atoms with Crippen LogP contribution in [0.25, 0.3) is 5.57 Å². The third kappa shape index (κ3) is 4.07. The van der Waals surface area contributed by atoms with E-state index in [4.69, 9.17) is 15.2 Å². The summed E-state index contributed by atoms with van der Waals surface area (Å²) in [4.78, 5) is 23.0. The molecule has 116 valence electrons. The fourth-order valence-electron chi connectivity index (χ4n) is 2.18. The minimum atomic E-state index is -0.926. The van der Waals surface area contributed by atoms with Gasteiger partial charge in [-0.3, -0.25) is 4.79 Å². The number of carbonyl (C=O) groups is 1. The van der Waals surface area contributed by atoms with Crippen LogP contribution >= 0.6 is 0 Å². The van der Waals surface area contributed by atoms with Crippen LogP contribution in [0, 0.1) is 0 Å². The van der Waals surface area contributed by atoms with Crippen LogP contribution in [0.1, 0.15) is 37.3 Å². The summed E-state index contributed by atoms with van der Waals surface area (Å²) < 4.78 is 10.5. The third-order valence-corrected chi connectivity index (χ3v) is 3.47. The van der Waals surface area contributed by atoms with Gasteiger partial charge in [-0.05, 0) is 23.6 Å². The maximum atomic E-state index is 11.9. The lowest BCUT2D eigenvalue weighted by atomic mass is 10.0. The highest BCUT2D eigenvalue weighted by molar-refractivity contribution is 5.89. The molecule has 0 saturated carbocycles.